The second-order valence-electron chi connectivity index (χ2n) is 4.50. The SMILES string of the molecule is COc1cccc(NC2CCCCC2C#N)c1. The molecule has 1 aromatic carbocycles. The number of benzene rings is 1. The van der Waals surface area contributed by atoms with Crippen LogP contribution >= 0.6 is 0 Å². The van der Waals surface area contributed by atoms with Crippen LogP contribution in [0.25, 0.3) is 0 Å². The molecule has 0 bridgehead atoms. The summed E-state index contributed by atoms with van der Waals surface area (Å²) < 4.78 is 5.19. The van der Waals surface area contributed by atoms with Crippen LogP contribution in [0.3, 0.4) is 0 Å². The summed E-state index contributed by atoms with van der Waals surface area (Å²) in [5.74, 6) is 0.981. The summed E-state index contributed by atoms with van der Waals surface area (Å²) in [6.45, 7) is 0. The molecule has 1 aromatic rings. The third-order valence-electron chi connectivity index (χ3n) is 3.35. The minimum atomic E-state index is 0.134. The van der Waals surface area contributed by atoms with Gasteiger partial charge >= 0.3 is 0 Å². The van der Waals surface area contributed by atoms with Crippen molar-refractivity contribution in [1.29, 1.82) is 5.26 Å². The molecular weight excluding hydrogens is 212 g/mol. The summed E-state index contributed by atoms with van der Waals surface area (Å²) in [4.78, 5) is 0. The summed E-state index contributed by atoms with van der Waals surface area (Å²) in [5, 5.41) is 12.6. The molecule has 2 unspecified atom stereocenters. The molecular formula is C14H18N2O. The number of rotatable bonds is 3. The molecule has 2 rings (SSSR count). The van der Waals surface area contributed by atoms with Crippen molar-refractivity contribution in [2.75, 3.05) is 12.4 Å². The van der Waals surface area contributed by atoms with Crippen molar-refractivity contribution in [3.63, 3.8) is 0 Å². The molecule has 1 saturated carbocycles. The minimum Gasteiger partial charge on any atom is -0.497 e. The largest absolute Gasteiger partial charge is 0.497 e. The van der Waals surface area contributed by atoms with Crippen LogP contribution in [0.4, 0.5) is 5.69 Å². The molecule has 1 aliphatic carbocycles. The van der Waals surface area contributed by atoms with E-state index in [4.69, 9.17) is 10.00 Å². The van der Waals surface area contributed by atoms with Crippen molar-refractivity contribution >= 4 is 5.69 Å². The third-order valence-corrected chi connectivity index (χ3v) is 3.35. The van der Waals surface area contributed by atoms with Gasteiger partial charge in [-0.15, -0.1) is 0 Å². The van der Waals surface area contributed by atoms with E-state index in [1.807, 2.05) is 24.3 Å². The zero-order chi connectivity index (χ0) is 12.1. The predicted molar refractivity (Wildman–Crippen MR) is 68.0 cm³/mol. The van der Waals surface area contributed by atoms with E-state index < -0.39 is 0 Å². The Kier molecular flexibility index (Phi) is 3.87. The zero-order valence-electron chi connectivity index (χ0n) is 10.1. The average molecular weight is 230 g/mol. The molecule has 3 nitrogen and oxygen atoms in total. The lowest BCUT2D eigenvalue weighted by molar-refractivity contribution is 0.388. The van der Waals surface area contributed by atoms with E-state index in [-0.39, 0.29) is 12.0 Å². The summed E-state index contributed by atoms with van der Waals surface area (Å²) >= 11 is 0. The van der Waals surface area contributed by atoms with Crippen LogP contribution in [0.1, 0.15) is 25.7 Å². The Morgan fingerprint density at radius 1 is 1.35 bits per heavy atom. The number of nitrogens with one attached hydrogen (secondary N) is 1. The standard InChI is InChI=1S/C14H18N2O/c1-17-13-7-4-6-12(9-13)16-14-8-3-2-5-11(14)10-15/h4,6-7,9,11,14,16H,2-3,5,8H2,1H3. The highest BCUT2D eigenvalue weighted by Crippen LogP contribution is 2.27. The molecule has 0 aromatic heterocycles. The normalized spacial score (nSPS) is 23.8. The van der Waals surface area contributed by atoms with Gasteiger partial charge in [-0.2, -0.15) is 5.26 Å². The van der Waals surface area contributed by atoms with E-state index in [2.05, 4.69) is 11.4 Å². The van der Waals surface area contributed by atoms with Gasteiger partial charge in [-0.3, -0.25) is 0 Å². The second-order valence-corrected chi connectivity index (χ2v) is 4.50. The molecule has 1 fully saturated rings. The molecule has 0 saturated heterocycles. The zero-order valence-corrected chi connectivity index (χ0v) is 10.1. The highest BCUT2D eigenvalue weighted by atomic mass is 16.5. The predicted octanol–water partition coefficient (Wildman–Crippen LogP) is 3.19. The number of methoxy groups -OCH3 is 1. The van der Waals surface area contributed by atoms with E-state index >= 15 is 0 Å². The average Bonchev–Trinajstić information content (AvgIpc) is 2.39. The van der Waals surface area contributed by atoms with Gasteiger partial charge in [-0.05, 0) is 25.0 Å². The topological polar surface area (TPSA) is 45.0 Å². The third kappa shape index (κ3) is 2.91. The number of anilines is 1. The molecule has 0 aliphatic heterocycles. The summed E-state index contributed by atoms with van der Waals surface area (Å²) in [6, 6.07) is 10.6. The number of hydrogen-bond acceptors (Lipinski definition) is 3. The van der Waals surface area contributed by atoms with Gasteiger partial charge in [0.1, 0.15) is 5.75 Å². The first-order valence-electron chi connectivity index (χ1n) is 6.13. The monoisotopic (exact) mass is 230 g/mol. The molecule has 1 aliphatic rings. The highest BCUT2D eigenvalue weighted by molar-refractivity contribution is 5.49. The molecule has 0 radical (unpaired) electrons. The van der Waals surface area contributed by atoms with Crippen molar-refractivity contribution in [2.45, 2.75) is 31.7 Å². The molecule has 0 heterocycles. The number of nitriles is 1. The van der Waals surface area contributed by atoms with E-state index in [9.17, 15) is 0 Å². The fourth-order valence-corrected chi connectivity index (χ4v) is 2.39. The van der Waals surface area contributed by atoms with Gasteiger partial charge in [0.15, 0.2) is 0 Å². The Balaban J connectivity index is 2.06. The number of hydrogen-bond donors (Lipinski definition) is 1. The van der Waals surface area contributed by atoms with E-state index in [1.54, 1.807) is 7.11 Å². The van der Waals surface area contributed by atoms with E-state index in [0.29, 0.717) is 0 Å². The quantitative estimate of drug-likeness (QED) is 0.867. The van der Waals surface area contributed by atoms with Gasteiger partial charge in [0, 0.05) is 17.8 Å². The van der Waals surface area contributed by atoms with Crippen LogP contribution in [0.15, 0.2) is 24.3 Å². The van der Waals surface area contributed by atoms with Gasteiger partial charge in [-0.1, -0.05) is 18.9 Å². The van der Waals surface area contributed by atoms with E-state index in [1.165, 1.54) is 12.8 Å². The van der Waals surface area contributed by atoms with Crippen molar-refractivity contribution in [2.24, 2.45) is 5.92 Å². The number of ether oxygens (including phenoxy) is 1. The highest BCUT2D eigenvalue weighted by Gasteiger charge is 2.24. The summed E-state index contributed by atoms with van der Waals surface area (Å²) in [7, 11) is 1.66. The van der Waals surface area contributed by atoms with Crippen LogP contribution in [-0.4, -0.2) is 13.2 Å². The summed E-state index contributed by atoms with van der Waals surface area (Å²) in [6.07, 6.45) is 4.47. The Bertz CT molecular complexity index is 411. The Morgan fingerprint density at radius 3 is 2.94 bits per heavy atom. The van der Waals surface area contributed by atoms with Gasteiger partial charge in [-0.25, -0.2) is 0 Å². The van der Waals surface area contributed by atoms with Crippen LogP contribution < -0.4 is 10.1 Å². The Hall–Kier alpha value is -1.69. The maximum absolute atomic E-state index is 9.13. The maximum Gasteiger partial charge on any atom is 0.120 e. The van der Waals surface area contributed by atoms with Crippen molar-refractivity contribution in [1.82, 2.24) is 0 Å². The van der Waals surface area contributed by atoms with Crippen molar-refractivity contribution in [3.05, 3.63) is 24.3 Å². The molecule has 2 atom stereocenters. The molecule has 90 valence electrons. The smallest absolute Gasteiger partial charge is 0.120 e. The summed E-state index contributed by atoms with van der Waals surface area (Å²) in [5.41, 5.74) is 1.04. The molecule has 0 spiro atoms. The van der Waals surface area contributed by atoms with E-state index in [0.717, 1.165) is 24.3 Å². The van der Waals surface area contributed by atoms with Crippen LogP contribution in [0, 0.1) is 17.2 Å². The molecule has 0 amide bonds. The maximum atomic E-state index is 9.13. The fraction of sp³-hybridized carbons (Fsp3) is 0.500. The van der Waals surface area contributed by atoms with Gasteiger partial charge < -0.3 is 10.1 Å². The first kappa shape index (κ1) is 11.8. The lowest BCUT2D eigenvalue weighted by Crippen LogP contribution is -2.31. The molecule has 17 heavy (non-hydrogen) atoms. The Morgan fingerprint density at radius 2 is 2.18 bits per heavy atom. The first-order valence-corrected chi connectivity index (χ1v) is 6.13. The van der Waals surface area contributed by atoms with Crippen LogP contribution in [0.2, 0.25) is 0 Å². The first-order chi connectivity index (χ1) is 8.33. The lowest BCUT2D eigenvalue weighted by Gasteiger charge is -2.28. The Labute approximate surface area is 102 Å². The van der Waals surface area contributed by atoms with Crippen molar-refractivity contribution < 1.29 is 4.74 Å². The minimum absolute atomic E-state index is 0.134. The van der Waals surface area contributed by atoms with Gasteiger partial charge in [0.05, 0.1) is 19.1 Å². The van der Waals surface area contributed by atoms with Gasteiger partial charge in [0.2, 0.25) is 0 Å². The number of nitrogens with zero attached hydrogens (tertiary/aromatic N) is 1. The van der Waals surface area contributed by atoms with Crippen molar-refractivity contribution in [3.8, 4) is 11.8 Å². The fourth-order valence-electron chi connectivity index (χ4n) is 2.39. The second kappa shape index (κ2) is 5.58. The van der Waals surface area contributed by atoms with Crippen LogP contribution in [-0.2, 0) is 0 Å². The lowest BCUT2D eigenvalue weighted by atomic mass is 9.85. The van der Waals surface area contributed by atoms with Gasteiger partial charge in [0.25, 0.3) is 0 Å². The molecule has 3 heteroatoms. The molecule has 1 N–H and O–H groups in total. The van der Waals surface area contributed by atoms with Crippen LogP contribution in [0.5, 0.6) is 5.75 Å².